The molecule has 0 unspecified atom stereocenters. The minimum Gasteiger partial charge on any atom is -0.466 e. The van der Waals surface area contributed by atoms with Crippen LogP contribution in [0.1, 0.15) is 5.56 Å². The van der Waals surface area contributed by atoms with E-state index in [4.69, 9.17) is 9.47 Å². The highest BCUT2D eigenvalue weighted by Gasteiger charge is 2.33. The number of methoxy groups -OCH3 is 2. The Morgan fingerprint density at radius 3 is 2.52 bits per heavy atom. The van der Waals surface area contributed by atoms with Gasteiger partial charge in [-0.15, -0.1) is 0 Å². The summed E-state index contributed by atoms with van der Waals surface area (Å²) in [6, 6.07) is 2.76. The Kier molecular flexibility index (Phi) is 5.38. The summed E-state index contributed by atoms with van der Waals surface area (Å²) in [5, 5.41) is 0. The summed E-state index contributed by atoms with van der Waals surface area (Å²) in [5.41, 5.74) is 0.902. The van der Waals surface area contributed by atoms with Gasteiger partial charge in [0.25, 0.3) is 0 Å². The number of anilines is 1. The first kappa shape index (κ1) is 17.4. The summed E-state index contributed by atoms with van der Waals surface area (Å²) in [5.74, 6) is -1.79. The van der Waals surface area contributed by atoms with Crippen LogP contribution in [0.3, 0.4) is 0 Å². The van der Waals surface area contributed by atoms with E-state index >= 15 is 0 Å². The molecule has 23 heavy (non-hydrogen) atoms. The molecule has 6 nitrogen and oxygen atoms in total. The van der Waals surface area contributed by atoms with E-state index in [1.165, 1.54) is 31.3 Å². The van der Waals surface area contributed by atoms with Crippen LogP contribution in [0.15, 0.2) is 27.9 Å². The van der Waals surface area contributed by atoms with Gasteiger partial charge in [0.05, 0.1) is 32.1 Å². The molecular weight excluding hydrogens is 373 g/mol. The molecule has 2 rings (SSSR count). The molecule has 1 aliphatic rings. The van der Waals surface area contributed by atoms with Crippen molar-refractivity contribution in [2.75, 3.05) is 32.5 Å². The maximum atomic E-state index is 13.7. The van der Waals surface area contributed by atoms with Gasteiger partial charge in [-0.3, -0.25) is 0 Å². The largest absolute Gasteiger partial charge is 0.466 e. The van der Waals surface area contributed by atoms with Gasteiger partial charge in [0.1, 0.15) is 18.2 Å². The summed E-state index contributed by atoms with van der Waals surface area (Å²) < 4.78 is 28.9. The monoisotopic (exact) mass is 387 g/mol. The van der Waals surface area contributed by atoms with E-state index in [9.17, 15) is 14.0 Å². The van der Waals surface area contributed by atoms with Crippen molar-refractivity contribution >= 4 is 33.6 Å². The van der Waals surface area contributed by atoms with Crippen molar-refractivity contribution in [3.63, 3.8) is 0 Å². The lowest BCUT2D eigenvalue weighted by atomic mass is 10.1. The molecule has 1 aliphatic heterocycles. The minimum atomic E-state index is -0.706. The van der Waals surface area contributed by atoms with Crippen LogP contribution in [0, 0.1) is 12.7 Å². The van der Waals surface area contributed by atoms with Gasteiger partial charge in [-0.1, -0.05) is 0 Å². The van der Waals surface area contributed by atoms with Crippen LogP contribution in [0.5, 0.6) is 0 Å². The number of halogens is 2. The molecule has 1 aromatic rings. The summed E-state index contributed by atoms with van der Waals surface area (Å²) in [6.45, 7) is 1.52. The molecule has 0 atom stereocenters. The molecular formula is C15H15BrFNO5. The highest BCUT2D eigenvalue weighted by atomic mass is 79.9. The van der Waals surface area contributed by atoms with E-state index in [-0.39, 0.29) is 24.6 Å². The van der Waals surface area contributed by atoms with Crippen LogP contribution in [0.4, 0.5) is 10.1 Å². The Balaban J connectivity index is 2.62. The van der Waals surface area contributed by atoms with Gasteiger partial charge in [-0.05, 0) is 35.0 Å². The predicted molar refractivity (Wildman–Crippen MR) is 83.2 cm³/mol. The second-order valence-electron chi connectivity index (χ2n) is 4.72. The molecule has 0 bridgehead atoms. The first-order chi connectivity index (χ1) is 10.9. The Hall–Kier alpha value is -1.93. The summed E-state index contributed by atoms with van der Waals surface area (Å²) >= 11 is 3.31. The molecule has 8 heteroatoms. The Morgan fingerprint density at radius 1 is 1.26 bits per heavy atom. The number of hydrogen-bond donors (Lipinski definition) is 0. The van der Waals surface area contributed by atoms with Crippen LogP contribution < -0.4 is 4.90 Å². The number of ether oxygens (including phenoxy) is 3. The number of esters is 2. The SMILES string of the molecule is COC(=O)C1=C(C(=O)OC)N(c2ccc(F)c(C)c2Br)COC1. The molecule has 0 amide bonds. The van der Waals surface area contributed by atoms with Gasteiger partial charge in [0.2, 0.25) is 0 Å². The second kappa shape index (κ2) is 7.10. The topological polar surface area (TPSA) is 65.1 Å². The lowest BCUT2D eigenvalue weighted by Crippen LogP contribution is -2.39. The summed E-state index contributed by atoms with van der Waals surface area (Å²) in [6.07, 6.45) is 0. The smallest absolute Gasteiger partial charge is 0.355 e. The van der Waals surface area contributed by atoms with Crippen molar-refractivity contribution in [2.24, 2.45) is 0 Å². The molecule has 1 aromatic carbocycles. The fraction of sp³-hybridized carbons (Fsp3) is 0.333. The maximum absolute atomic E-state index is 13.7. The van der Waals surface area contributed by atoms with Crippen LogP contribution in [-0.2, 0) is 23.8 Å². The summed E-state index contributed by atoms with van der Waals surface area (Å²) in [7, 11) is 2.42. The van der Waals surface area contributed by atoms with E-state index in [1.807, 2.05) is 0 Å². The third kappa shape index (κ3) is 3.23. The van der Waals surface area contributed by atoms with E-state index in [1.54, 1.807) is 6.92 Å². The number of nitrogens with zero attached hydrogens (tertiary/aromatic N) is 1. The van der Waals surface area contributed by atoms with Gasteiger partial charge in [0, 0.05) is 10.0 Å². The highest BCUT2D eigenvalue weighted by Crippen LogP contribution is 2.35. The van der Waals surface area contributed by atoms with Gasteiger partial charge >= 0.3 is 11.9 Å². The fourth-order valence-corrected chi connectivity index (χ4v) is 2.72. The van der Waals surface area contributed by atoms with Crippen molar-refractivity contribution in [1.82, 2.24) is 0 Å². The van der Waals surface area contributed by atoms with E-state index in [2.05, 4.69) is 20.7 Å². The molecule has 124 valence electrons. The van der Waals surface area contributed by atoms with Crippen molar-refractivity contribution < 1.29 is 28.2 Å². The quantitative estimate of drug-likeness (QED) is 0.741. The lowest BCUT2D eigenvalue weighted by Gasteiger charge is -2.32. The molecule has 0 fully saturated rings. The number of carbonyl (C=O) groups is 2. The molecule has 1 heterocycles. The van der Waals surface area contributed by atoms with E-state index in [0.717, 1.165) is 0 Å². The average molecular weight is 388 g/mol. The molecule has 0 aromatic heterocycles. The fourth-order valence-electron chi connectivity index (χ4n) is 2.19. The molecule has 0 saturated carbocycles. The third-order valence-corrected chi connectivity index (χ3v) is 4.42. The molecule has 0 saturated heterocycles. The first-order valence-corrected chi connectivity index (χ1v) is 7.41. The normalized spacial score (nSPS) is 14.7. The Labute approximate surface area is 140 Å². The Bertz CT molecular complexity index is 689. The lowest BCUT2D eigenvalue weighted by molar-refractivity contribution is -0.140. The molecule has 0 N–H and O–H groups in total. The molecule has 0 spiro atoms. The van der Waals surface area contributed by atoms with Crippen molar-refractivity contribution in [3.05, 3.63) is 39.3 Å². The number of hydrogen-bond acceptors (Lipinski definition) is 6. The molecule has 0 radical (unpaired) electrons. The van der Waals surface area contributed by atoms with Gasteiger partial charge in [-0.2, -0.15) is 0 Å². The van der Waals surface area contributed by atoms with E-state index in [0.29, 0.717) is 15.7 Å². The van der Waals surface area contributed by atoms with Crippen LogP contribution in [0.2, 0.25) is 0 Å². The molecule has 0 aliphatic carbocycles. The zero-order valence-corrected chi connectivity index (χ0v) is 14.4. The van der Waals surface area contributed by atoms with Gasteiger partial charge in [-0.25, -0.2) is 14.0 Å². The van der Waals surface area contributed by atoms with E-state index < -0.39 is 17.8 Å². The average Bonchev–Trinajstić information content (AvgIpc) is 2.57. The second-order valence-corrected chi connectivity index (χ2v) is 5.51. The predicted octanol–water partition coefficient (Wildman–Crippen LogP) is 2.29. The van der Waals surface area contributed by atoms with Crippen LogP contribution in [0.25, 0.3) is 0 Å². The summed E-state index contributed by atoms with van der Waals surface area (Å²) in [4.78, 5) is 25.5. The highest BCUT2D eigenvalue weighted by molar-refractivity contribution is 9.10. The van der Waals surface area contributed by atoms with Crippen molar-refractivity contribution in [1.29, 1.82) is 0 Å². The minimum absolute atomic E-state index is 0.00853. The first-order valence-electron chi connectivity index (χ1n) is 6.62. The standard InChI is InChI=1S/C15H15BrFNO5/c1-8-10(17)4-5-11(12(8)16)18-7-23-6-9(14(19)21-2)13(18)15(20)22-3/h4-5H,6-7H2,1-3H3. The van der Waals surface area contributed by atoms with Gasteiger partial charge < -0.3 is 19.1 Å². The van der Waals surface area contributed by atoms with Crippen LogP contribution >= 0.6 is 15.9 Å². The Morgan fingerprint density at radius 2 is 1.91 bits per heavy atom. The van der Waals surface area contributed by atoms with Gasteiger partial charge in [0.15, 0.2) is 0 Å². The number of rotatable bonds is 3. The number of carbonyl (C=O) groups excluding carboxylic acids is 2. The maximum Gasteiger partial charge on any atom is 0.355 e. The zero-order chi connectivity index (χ0) is 17.1. The van der Waals surface area contributed by atoms with Crippen molar-refractivity contribution in [2.45, 2.75) is 6.92 Å². The van der Waals surface area contributed by atoms with Crippen molar-refractivity contribution in [3.8, 4) is 0 Å². The zero-order valence-electron chi connectivity index (χ0n) is 12.8. The van der Waals surface area contributed by atoms with Crippen LogP contribution in [-0.4, -0.2) is 39.5 Å². The number of benzene rings is 1. The third-order valence-electron chi connectivity index (χ3n) is 3.42.